The average molecular weight is 449 g/mol. The van der Waals surface area contributed by atoms with Gasteiger partial charge in [0.1, 0.15) is 23.1 Å². The Bertz CT molecular complexity index is 1230. The first-order valence-electron chi connectivity index (χ1n) is 9.34. The average Bonchev–Trinajstić information content (AvgIpc) is 2.78. The van der Waals surface area contributed by atoms with Crippen molar-refractivity contribution in [1.82, 2.24) is 0 Å². The number of rotatable bonds is 4. The first kappa shape index (κ1) is 20.9. The van der Waals surface area contributed by atoms with Crippen molar-refractivity contribution >= 4 is 29.3 Å². The Balaban J connectivity index is 1.69. The third-order valence-corrected chi connectivity index (χ3v) is 6.02. The first-order valence-corrected chi connectivity index (χ1v) is 10.9. The minimum atomic E-state index is -0.577. The number of ether oxygens (including phenoxy) is 2. The maximum absolute atomic E-state index is 12.5. The molecule has 0 fully saturated rings. The SMILES string of the molecule is CSc1ccc(C2C(C#N)=C(N)Oc3cc(OC(=O)c4ccccc4Cl)ccc32)cc1. The molecule has 0 aromatic heterocycles. The summed E-state index contributed by atoms with van der Waals surface area (Å²) < 4.78 is 11.2. The summed E-state index contributed by atoms with van der Waals surface area (Å²) in [6, 6.07) is 21.8. The summed E-state index contributed by atoms with van der Waals surface area (Å²) in [5.41, 5.74) is 8.34. The van der Waals surface area contributed by atoms with Gasteiger partial charge in [0.25, 0.3) is 0 Å². The predicted molar refractivity (Wildman–Crippen MR) is 120 cm³/mol. The Kier molecular flexibility index (Phi) is 5.90. The highest BCUT2D eigenvalue weighted by molar-refractivity contribution is 7.98. The van der Waals surface area contributed by atoms with Gasteiger partial charge in [0.15, 0.2) is 0 Å². The molecule has 31 heavy (non-hydrogen) atoms. The summed E-state index contributed by atoms with van der Waals surface area (Å²) in [6.07, 6.45) is 2.00. The molecule has 2 N–H and O–H groups in total. The van der Waals surface area contributed by atoms with Crippen molar-refractivity contribution in [2.75, 3.05) is 6.26 Å². The molecule has 0 aliphatic carbocycles. The van der Waals surface area contributed by atoms with Crippen LogP contribution in [0.25, 0.3) is 0 Å². The van der Waals surface area contributed by atoms with Crippen LogP contribution in [-0.2, 0) is 0 Å². The molecule has 1 unspecified atom stereocenters. The Morgan fingerprint density at radius 3 is 2.58 bits per heavy atom. The van der Waals surface area contributed by atoms with Crippen LogP contribution in [0, 0.1) is 11.3 Å². The van der Waals surface area contributed by atoms with Crippen molar-refractivity contribution in [2.24, 2.45) is 5.73 Å². The summed E-state index contributed by atoms with van der Waals surface area (Å²) >= 11 is 7.72. The Morgan fingerprint density at radius 1 is 1.16 bits per heavy atom. The second-order valence-corrected chi connectivity index (χ2v) is 8.05. The molecular weight excluding hydrogens is 432 g/mol. The second-order valence-electron chi connectivity index (χ2n) is 6.77. The molecule has 1 heterocycles. The normalized spacial score (nSPS) is 14.9. The number of thioether (sulfide) groups is 1. The van der Waals surface area contributed by atoms with E-state index >= 15 is 0 Å². The minimum Gasteiger partial charge on any atom is -0.440 e. The standard InChI is InChI=1S/C24H17ClN2O3S/c1-31-16-9-6-14(7-10-16)22-18-11-8-15(12-21(18)30-23(27)19(22)13-26)29-24(28)17-4-2-3-5-20(17)25/h2-12,22H,27H2,1H3. The predicted octanol–water partition coefficient (Wildman–Crippen LogP) is 5.50. The zero-order valence-corrected chi connectivity index (χ0v) is 18.0. The number of benzene rings is 3. The molecule has 5 nitrogen and oxygen atoms in total. The molecule has 0 spiro atoms. The minimum absolute atomic E-state index is 0.0310. The van der Waals surface area contributed by atoms with Crippen LogP contribution < -0.4 is 15.2 Å². The largest absolute Gasteiger partial charge is 0.440 e. The molecular formula is C24H17ClN2O3S. The van der Waals surface area contributed by atoms with Gasteiger partial charge in [0.2, 0.25) is 5.88 Å². The van der Waals surface area contributed by atoms with Gasteiger partial charge in [-0.1, -0.05) is 41.9 Å². The third kappa shape index (κ3) is 4.11. The number of nitriles is 1. The topological polar surface area (TPSA) is 85.3 Å². The maximum atomic E-state index is 12.5. The fourth-order valence-corrected chi connectivity index (χ4v) is 4.05. The fourth-order valence-electron chi connectivity index (χ4n) is 3.43. The van der Waals surface area contributed by atoms with E-state index in [0.717, 1.165) is 16.0 Å². The van der Waals surface area contributed by atoms with E-state index in [1.165, 1.54) is 0 Å². The van der Waals surface area contributed by atoms with Gasteiger partial charge in [-0.15, -0.1) is 11.8 Å². The number of nitrogens with two attached hydrogens (primary N) is 1. The van der Waals surface area contributed by atoms with Crippen LogP contribution in [0.2, 0.25) is 5.02 Å². The highest BCUT2D eigenvalue weighted by Gasteiger charge is 2.31. The highest BCUT2D eigenvalue weighted by atomic mass is 35.5. The number of nitrogens with zero attached hydrogens (tertiary/aromatic N) is 1. The molecule has 1 atom stereocenters. The Morgan fingerprint density at radius 2 is 1.90 bits per heavy atom. The number of fused-ring (bicyclic) bond motifs is 1. The van der Waals surface area contributed by atoms with Gasteiger partial charge < -0.3 is 15.2 Å². The summed E-state index contributed by atoms with van der Waals surface area (Å²) in [6.45, 7) is 0. The van der Waals surface area contributed by atoms with Crippen molar-refractivity contribution < 1.29 is 14.3 Å². The van der Waals surface area contributed by atoms with E-state index in [2.05, 4.69) is 6.07 Å². The van der Waals surface area contributed by atoms with Crippen molar-refractivity contribution in [3.8, 4) is 17.6 Å². The lowest BCUT2D eigenvalue weighted by molar-refractivity contribution is 0.0734. The number of hydrogen-bond donors (Lipinski definition) is 1. The van der Waals surface area contributed by atoms with E-state index in [-0.39, 0.29) is 23.1 Å². The number of halogens is 1. The lowest BCUT2D eigenvalue weighted by Gasteiger charge is -2.26. The molecule has 1 aliphatic rings. The number of carbonyl (C=O) groups excluding carboxylic acids is 1. The fraction of sp³-hybridized carbons (Fsp3) is 0.0833. The van der Waals surface area contributed by atoms with Gasteiger partial charge in [0, 0.05) is 16.5 Å². The van der Waals surface area contributed by atoms with Crippen LogP contribution in [0.4, 0.5) is 0 Å². The third-order valence-electron chi connectivity index (χ3n) is 4.94. The molecule has 0 bridgehead atoms. The van der Waals surface area contributed by atoms with Crippen LogP contribution in [0.3, 0.4) is 0 Å². The number of hydrogen-bond acceptors (Lipinski definition) is 6. The van der Waals surface area contributed by atoms with E-state index in [1.807, 2.05) is 30.5 Å². The van der Waals surface area contributed by atoms with Crippen molar-refractivity contribution in [3.05, 3.63) is 99.9 Å². The van der Waals surface area contributed by atoms with E-state index < -0.39 is 5.97 Å². The van der Waals surface area contributed by atoms with Crippen LogP contribution in [0.15, 0.2) is 83.1 Å². The molecule has 7 heteroatoms. The van der Waals surface area contributed by atoms with Crippen LogP contribution in [-0.4, -0.2) is 12.2 Å². The lowest BCUT2D eigenvalue weighted by atomic mass is 9.83. The van der Waals surface area contributed by atoms with Crippen LogP contribution in [0.5, 0.6) is 11.5 Å². The number of esters is 1. The Labute approximate surface area is 189 Å². The summed E-state index contributed by atoms with van der Waals surface area (Å²) in [7, 11) is 0. The molecule has 0 saturated heterocycles. The zero-order chi connectivity index (χ0) is 22.0. The van der Waals surface area contributed by atoms with Gasteiger partial charge in [0.05, 0.1) is 16.5 Å². The quantitative estimate of drug-likeness (QED) is 0.322. The molecule has 3 aromatic carbocycles. The second kappa shape index (κ2) is 8.76. The first-order chi connectivity index (χ1) is 15.0. The van der Waals surface area contributed by atoms with E-state index in [1.54, 1.807) is 54.2 Å². The zero-order valence-electron chi connectivity index (χ0n) is 16.5. The van der Waals surface area contributed by atoms with Gasteiger partial charge in [-0.3, -0.25) is 0 Å². The van der Waals surface area contributed by atoms with E-state index in [4.69, 9.17) is 26.8 Å². The van der Waals surface area contributed by atoms with Gasteiger partial charge >= 0.3 is 5.97 Å². The van der Waals surface area contributed by atoms with Crippen LogP contribution >= 0.6 is 23.4 Å². The molecule has 0 saturated carbocycles. The summed E-state index contributed by atoms with van der Waals surface area (Å²) in [4.78, 5) is 13.6. The van der Waals surface area contributed by atoms with Crippen molar-refractivity contribution in [1.29, 1.82) is 5.26 Å². The lowest BCUT2D eigenvalue weighted by Crippen LogP contribution is -2.21. The van der Waals surface area contributed by atoms with Gasteiger partial charge in [-0.05, 0) is 42.2 Å². The van der Waals surface area contributed by atoms with Gasteiger partial charge in [-0.2, -0.15) is 5.26 Å². The number of allylic oxidation sites excluding steroid dienone is 1. The molecule has 1 aliphatic heterocycles. The maximum Gasteiger partial charge on any atom is 0.345 e. The number of carbonyl (C=O) groups is 1. The Hall–Kier alpha value is -3.40. The summed E-state index contributed by atoms with van der Waals surface area (Å²) in [5, 5.41) is 10.00. The van der Waals surface area contributed by atoms with E-state index in [0.29, 0.717) is 16.3 Å². The monoisotopic (exact) mass is 448 g/mol. The smallest absolute Gasteiger partial charge is 0.345 e. The molecule has 3 aromatic rings. The molecule has 0 amide bonds. The highest BCUT2D eigenvalue weighted by Crippen LogP contribution is 2.43. The molecule has 154 valence electrons. The summed E-state index contributed by atoms with van der Waals surface area (Å²) in [5.74, 6) is -0.207. The molecule has 0 radical (unpaired) electrons. The van der Waals surface area contributed by atoms with Crippen molar-refractivity contribution in [2.45, 2.75) is 10.8 Å². The van der Waals surface area contributed by atoms with Crippen molar-refractivity contribution in [3.63, 3.8) is 0 Å². The van der Waals surface area contributed by atoms with Crippen LogP contribution in [0.1, 0.15) is 27.4 Å². The van der Waals surface area contributed by atoms with Gasteiger partial charge in [-0.25, -0.2) is 4.79 Å². The van der Waals surface area contributed by atoms with E-state index in [9.17, 15) is 10.1 Å². The molecule has 4 rings (SSSR count).